The molecule has 0 radical (unpaired) electrons. The Balaban J connectivity index is 1.80. The van der Waals surface area contributed by atoms with Crippen LogP contribution in [0.3, 0.4) is 0 Å². The highest BCUT2D eigenvalue weighted by molar-refractivity contribution is 6.32. The summed E-state index contributed by atoms with van der Waals surface area (Å²) in [5.41, 5.74) is 5.08. The molecule has 0 N–H and O–H groups in total. The number of ether oxygens (including phenoxy) is 1. The molecular formula is C19H22N2O3. The van der Waals surface area contributed by atoms with Gasteiger partial charge in [0.15, 0.2) is 0 Å². The SMILES string of the molecule is CCOC(=O)C(=O)N1CCn2c3c(c4cc(C)ccc42)CCCC31. The van der Waals surface area contributed by atoms with E-state index < -0.39 is 11.9 Å². The number of nitrogens with zero attached hydrogens (tertiary/aromatic N) is 2. The minimum Gasteiger partial charge on any atom is -0.459 e. The van der Waals surface area contributed by atoms with Gasteiger partial charge in [0.05, 0.1) is 12.6 Å². The van der Waals surface area contributed by atoms with E-state index in [0.29, 0.717) is 6.54 Å². The fourth-order valence-corrected chi connectivity index (χ4v) is 4.27. The van der Waals surface area contributed by atoms with Gasteiger partial charge in [0.25, 0.3) is 0 Å². The molecule has 126 valence electrons. The molecule has 1 aromatic carbocycles. The third-order valence-corrected chi connectivity index (χ3v) is 5.24. The highest BCUT2D eigenvalue weighted by Gasteiger charge is 2.39. The Morgan fingerprint density at radius 1 is 1.29 bits per heavy atom. The molecule has 1 atom stereocenters. The molecule has 0 bridgehead atoms. The number of hydrogen-bond donors (Lipinski definition) is 0. The topological polar surface area (TPSA) is 51.5 Å². The van der Waals surface area contributed by atoms with Crippen molar-refractivity contribution in [2.45, 2.75) is 45.7 Å². The fraction of sp³-hybridized carbons (Fsp3) is 0.474. The number of carbonyl (C=O) groups excluding carboxylic acids is 2. The monoisotopic (exact) mass is 326 g/mol. The maximum absolute atomic E-state index is 12.5. The number of carbonyl (C=O) groups is 2. The van der Waals surface area contributed by atoms with E-state index in [1.807, 2.05) is 0 Å². The van der Waals surface area contributed by atoms with Crippen molar-refractivity contribution in [1.29, 1.82) is 0 Å². The summed E-state index contributed by atoms with van der Waals surface area (Å²) < 4.78 is 7.27. The first-order valence-electron chi connectivity index (χ1n) is 8.71. The molecule has 24 heavy (non-hydrogen) atoms. The van der Waals surface area contributed by atoms with E-state index in [0.717, 1.165) is 25.8 Å². The van der Waals surface area contributed by atoms with E-state index >= 15 is 0 Å². The van der Waals surface area contributed by atoms with Crippen LogP contribution in [0.2, 0.25) is 0 Å². The van der Waals surface area contributed by atoms with E-state index in [2.05, 4.69) is 29.7 Å². The summed E-state index contributed by atoms with van der Waals surface area (Å²) in [6.07, 6.45) is 2.99. The van der Waals surface area contributed by atoms with Crippen molar-refractivity contribution < 1.29 is 14.3 Å². The number of benzene rings is 1. The molecule has 0 fully saturated rings. The van der Waals surface area contributed by atoms with Gasteiger partial charge in [0.2, 0.25) is 0 Å². The molecule has 1 aromatic heterocycles. The number of hydrogen-bond acceptors (Lipinski definition) is 3. The molecule has 1 unspecified atom stereocenters. The Labute approximate surface area is 141 Å². The van der Waals surface area contributed by atoms with Crippen LogP contribution in [0.15, 0.2) is 18.2 Å². The molecule has 0 saturated heterocycles. The highest BCUT2D eigenvalue weighted by atomic mass is 16.5. The minimum absolute atomic E-state index is 0.00730. The second-order valence-electron chi connectivity index (χ2n) is 6.66. The molecule has 1 amide bonds. The fourth-order valence-electron chi connectivity index (χ4n) is 4.27. The average Bonchev–Trinajstić information content (AvgIpc) is 2.90. The Bertz CT molecular complexity index is 837. The Kier molecular flexibility index (Phi) is 3.59. The number of esters is 1. The minimum atomic E-state index is -0.731. The van der Waals surface area contributed by atoms with Crippen LogP contribution in [0.5, 0.6) is 0 Å². The third-order valence-electron chi connectivity index (χ3n) is 5.24. The quantitative estimate of drug-likeness (QED) is 0.598. The summed E-state index contributed by atoms with van der Waals surface area (Å²) in [7, 11) is 0. The standard InChI is InChI=1S/C19H22N2O3/c1-3-24-19(23)18(22)21-10-9-20-15-8-7-12(2)11-14(15)13-5-4-6-16(21)17(13)20/h7-8,11,16H,3-6,9-10H2,1-2H3. The summed E-state index contributed by atoms with van der Waals surface area (Å²) in [5, 5.41) is 1.31. The summed E-state index contributed by atoms with van der Waals surface area (Å²) >= 11 is 0. The lowest BCUT2D eigenvalue weighted by molar-refractivity contribution is -0.162. The molecule has 5 heteroatoms. The second kappa shape index (κ2) is 5.65. The number of rotatable bonds is 1. The molecule has 1 aliphatic heterocycles. The van der Waals surface area contributed by atoms with Crippen LogP contribution < -0.4 is 0 Å². The molecule has 4 rings (SSSR count). The van der Waals surface area contributed by atoms with Gasteiger partial charge in [-0.3, -0.25) is 4.79 Å². The van der Waals surface area contributed by atoms with Gasteiger partial charge in [-0.2, -0.15) is 0 Å². The van der Waals surface area contributed by atoms with Crippen LogP contribution in [-0.2, 0) is 27.3 Å². The summed E-state index contributed by atoms with van der Waals surface area (Å²) in [6.45, 7) is 5.36. The van der Waals surface area contributed by atoms with Gasteiger partial charge in [-0.25, -0.2) is 4.79 Å². The van der Waals surface area contributed by atoms with Gasteiger partial charge in [-0.1, -0.05) is 11.6 Å². The van der Waals surface area contributed by atoms with Gasteiger partial charge in [0.1, 0.15) is 0 Å². The third kappa shape index (κ3) is 2.14. The van der Waals surface area contributed by atoms with Crippen LogP contribution in [-0.4, -0.2) is 34.5 Å². The number of aryl methyl sites for hydroxylation is 2. The smallest absolute Gasteiger partial charge is 0.397 e. The maximum Gasteiger partial charge on any atom is 0.397 e. The van der Waals surface area contributed by atoms with E-state index in [4.69, 9.17) is 4.74 Å². The van der Waals surface area contributed by atoms with Crippen molar-refractivity contribution in [1.82, 2.24) is 9.47 Å². The molecular weight excluding hydrogens is 304 g/mol. The van der Waals surface area contributed by atoms with Crippen molar-refractivity contribution >= 4 is 22.8 Å². The lowest BCUT2D eigenvalue weighted by Crippen LogP contribution is -2.46. The van der Waals surface area contributed by atoms with Gasteiger partial charge in [-0.15, -0.1) is 0 Å². The van der Waals surface area contributed by atoms with Crippen LogP contribution >= 0.6 is 0 Å². The largest absolute Gasteiger partial charge is 0.459 e. The zero-order chi connectivity index (χ0) is 16.8. The predicted molar refractivity (Wildman–Crippen MR) is 90.7 cm³/mol. The van der Waals surface area contributed by atoms with Crippen LogP contribution in [0, 0.1) is 6.92 Å². The summed E-state index contributed by atoms with van der Waals surface area (Å²) in [4.78, 5) is 26.2. The van der Waals surface area contributed by atoms with Gasteiger partial charge >= 0.3 is 11.9 Å². The normalized spacial score (nSPS) is 19.2. The van der Waals surface area contributed by atoms with E-state index in [9.17, 15) is 9.59 Å². The van der Waals surface area contributed by atoms with Crippen molar-refractivity contribution in [3.8, 4) is 0 Å². The number of fused-ring (bicyclic) bond motifs is 3. The lowest BCUT2D eigenvalue weighted by atomic mass is 9.89. The predicted octanol–water partition coefficient (Wildman–Crippen LogP) is 2.73. The Morgan fingerprint density at radius 2 is 2.12 bits per heavy atom. The van der Waals surface area contributed by atoms with E-state index in [-0.39, 0.29) is 12.6 Å². The zero-order valence-electron chi connectivity index (χ0n) is 14.2. The van der Waals surface area contributed by atoms with Crippen molar-refractivity contribution in [3.05, 3.63) is 35.0 Å². The van der Waals surface area contributed by atoms with Crippen molar-refractivity contribution in [2.24, 2.45) is 0 Å². The molecule has 2 aromatic rings. The number of amides is 1. The lowest BCUT2D eigenvalue weighted by Gasteiger charge is -2.39. The van der Waals surface area contributed by atoms with E-state index in [1.165, 1.54) is 27.7 Å². The molecule has 0 spiro atoms. The molecule has 0 saturated carbocycles. The first-order valence-corrected chi connectivity index (χ1v) is 8.71. The van der Waals surface area contributed by atoms with Gasteiger partial charge in [0, 0.05) is 29.7 Å². The highest BCUT2D eigenvalue weighted by Crippen LogP contribution is 2.42. The average molecular weight is 326 g/mol. The van der Waals surface area contributed by atoms with Crippen LogP contribution in [0.25, 0.3) is 10.9 Å². The zero-order valence-corrected chi connectivity index (χ0v) is 14.2. The number of aromatic nitrogens is 1. The molecule has 2 aliphatic rings. The summed E-state index contributed by atoms with van der Waals surface area (Å²) in [5.74, 6) is -1.23. The first kappa shape index (κ1) is 15.2. The molecule has 2 heterocycles. The maximum atomic E-state index is 12.5. The van der Waals surface area contributed by atoms with Gasteiger partial charge < -0.3 is 14.2 Å². The molecule has 5 nitrogen and oxygen atoms in total. The molecule has 1 aliphatic carbocycles. The van der Waals surface area contributed by atoms with Crippen molar-refractivity contribution in [2.75, 3.05) is 13.2 Å². The van der Waals surface area contributed by atoms with Crippen LogP contribution in [0.1, 0.15) is 42.6 Å². The summed E-state index contributed by atoms with van der Waals surface area (Å²) in [6, 6.07) is 6.56. The second-order valence-corrected chi connectivity index (χ2v) is 6.66. The first-order chi connectivity index (χ1) is 11.6. The Hall–Kier alpha value is -2.30. The van der Waals surface area contributed by atoms with Crippen molar-refractivity contribution in [3.63, 3.8) is 0 Å². The van der Waals surface area contributed by atoms with E-state index in [1.54, 1.807) is 11.8 Å². The Morgan fingerprint density at radius 3 is 2.92 bits per heavy atom. The van der Waals surface area contributed by atoms with Gasteiger partial charge in [-0.05, 0) is 50.8 Å². The van der Waals surface area contributed by atoms with Crippen LogP contribution in [0.4, 0.5) is 0 Å².